The molecule has 1 aromatic rings. The molecule has 1 aromatic carbocycles. The van der Waals surface area contributed by atoms with E-state index in [9.17, 15) is 0 Å². The van der Waals surface area contributed by atoms with Crippen LogP contribution in [0, 0.1) is 13.0 Å². The van der Waals surface area contributed by atoms with Crippen LogP contribution in [0.4, 0.5) is 0 Å². The molecule has 0 atom stereocenters. The van der Waals surface area contributed by atoms with Gasteiger partial charge in [0, 0.05) is 0 Å². The third-order valence-electron chi connectivity index (χ3n) is 3.16. The molecule has 0 N–H and O–H groups in total. The smallest absolute Gasteiger partial charge is 0.0103 e. The zero-order valence-electron chi connectivity index (χ0n) is 10.6. The molecule has 0 aliphatic rings. The number of rotatable bonds is 5. The molecular formula is C15H23. The number of hydrogen-bond donors (Lipinski definition) is 0. The maximum Gasteiger partial charge on any atom is -0.0103 e. The first-order valence-corrected chi connectivity index (χ1v) is 6.05. The Kier molecular flexibility index (Phi) is 4.38. The van der Waals surface area contributed by atoms with Gasteiger partial charge in [0.1, 0.15) is 0 Å². The summed E-state index contributed by atoms with van der Waals surface area (Å²) < 4.78 is 0. The van der Waals surface area contributed by atoms with Crippen molar-refractivity contribution < 1.29 is 0 Å². The third kappa shape index (κ3) is 3.70. The van der Waals surface area contributed by atoms with Crippen LogP contribution in [0.15, 0.2) is 18.2 Å². The van der Waals surface area contributed by atoms with E-state index in [1.54, 1.807) is 0 Å². The molecule has 15 heavy (non-hydrogen) atoms. The van der Waals surface area contributed by atoms with Gasteiger partial charge in [0.05, 0.1) is 0 Å². The van der Waals surface area contributed by atoms with E-state index in [0.29, 0.717) is 5.41 Å². The van der Waals surface area contributed by atoms with Crippen molar-refractivity contribution in [3.05, 3.63) is 35.4 Å². The summed E-state index contributed by atoms with van der Waals surface area (Å²) in [5.74, 6) is 0. The van der Waals surface area contributed by atoms with Crippen molar-refractivity contribution in [2.75, 3.05) is 0 Å². The monoisotopic (exact) mass is 203 g/mol. The topological polar surface area (TPSA) is 0 Å². The predicted octanol–water partition coefficient (Wildman–Crippen LogP) is 4.65. The zero-order valence-corrected chi connectivity index (χ0v) is 10.6. The largest absolute Gasteiger partial charge is 0.0654 e. The quantitative estimate of drug-likeness (QED) is 0.611. The van der Waals surface area contributed by atoms with Crippen LogP contribution in [0.1, 0.15) is 57.6 Å². The highest BCUT2D eigenvalue weighted by Crippen LogP contribution is 2.29. The number of hydrogen-bond acceptors (Lipinski definition) is 0. The van der Waals surface area contributed by atoms with Gasteiger partial charge in [-0.2, -0.15) is 0 Å². The van der Waals surface area contributed by atoms with E-state index in [4.69, 9.17) is 0 Å². The van der Waals surface area contributed by atoms with E-state index in [-0.39, 0.29) is 0 Å². The van der Waals surface area contributed by atoms with Crippen LogP contribution >= 0.6 is 0 Å². The average molecular weight is 203 g/mol. The second kappa shape index (κ2) is 5.34. The molecule has 0 unspecified atom stereocenters. The van der Waals surface area contributed by atoms with Crippen LogP contribution < -0.4 is 0 Å². The highest BCUT2D eigenvalue weighted by Gasteiger charge is 2.19. The van der Waals surface area contributed by atoms with Crippen LogP contribution in [0.3, 0.4) is 0 Å². The third-order valence-corrected chi connectivity index (χ3v) is 3.16. The van der Waals surface area contributed by atoms with Gasteiger partial charge in [-0.1, -0.05) is 58.2 Å². The Morgan fingerprint density at radius 1 is 1.20 bits per heavy atom. The highest BCUT2D eigenvalue weighted by molar-refractivity contribution is 5.26. The molecule has 0 heteroatoms. The lowest BCUT2D eigenvalue weighted by molar-refractivity contribution is 0.450. The fraction of sp³-hybridized carbons (Fsp3) is 0.600. The van der Waals surface area contributed by atoms with E-state index >= 15 is 0 Å². The average Bonchev–Trinajstić information content (AvgIpc) is 2.18. The first-order valence-electron chi connectivity index (χ1n) is 6.05. The minimum Gasteiger partial charge on any atom is -0.0654 e. The summed E-state index contributed by atoms with van der Waals surface area (Å²) in [7, 11) is 0. The molecule has 0 nitrogen and oxygen atoms in total. The van der Waals surface area contributed by atoms with Gasteiger partial charge in [-0.05, 0) is 36.0 Å². The summed E-state index contributed by atoms with van der Waals surface area (Å²) in [6.07, 6.45) is 5.25. The van der Waals surface area contributed by atoms with Crippen molar-refractivity contribution in [1.82, 2.24) is 0 Å². The van der Waals surface area contributed by atoms with Gasteiger partial charge < -0.3 is 0 Å². The lowest BCUT2D eigenvalue weighted by Gasteiger charge is -2.25. The SMILES string of the molecule is CCCCCC(C)(C)c1c[c]c(C)cc1. The van der Waals surface area contributed by atoms with Gasteiger partial charge in [0.2, 0.25) is 0 Å². The minimum absolute atomic E-state index is 0.305. The van der Waals surface area contributed by atoms with Gasteiger partial charge in [-0.3, -0.25) is 0 Å². The Bertz CT molecular complexity index is 279. The number of benzene rings is 1. The van der Waals surface area contributed by atoms with E-state index in [2.05, 4.69) is 52.0 Å². The summed E-state index contributed by atoms with van der Waals surface area (Å²) >= 11 is 0. The standard InChI is InChI=1S/C15H23/c1-5-6-7-12-15(3,4)14-10-8-13(2)9-11-14/h8,10-11H,5-7,12H2,1-4H3. The first-order chi connectivity index (χ1) is 7.06. The second-order valence-electron chi connectivity index (χ2n) is 5.10. The molecular weight excluding hydrogens is 180 g/mol. The maximum atomic E-state index is 3.30. The molecule has 0 saturated carbocycles. The molecule has 0 amide bonds. The molecule has 1 radical (unpaired) electrons. The Morgan fingerprint density at radius 2 is 1.93 bits per heavy atom. The molecule has 0 aliphatic heterocycles. The first kappa shape index (κ1) is 12.3. The van der Waals surface area contributed by atoms with Crippen molar-refractivity contribution in [3.8, 4) is 0 Å². The Balaban J connectivity index is 2.63. The number of unbranched alkanes of at least 4 members (excludes halogenated alkanes) is 2. The Hall–Kier alpha value is -0.780. The van der Waals surface area contributed by atoms with E-state index in [0.717, 1.165) is 0 Å². The van der Waals surface area contributed by atoms with E-state index in [1.807, 2.05) is 0 Å². The van der Waals surface area contributed by atoms with Crippen molar-refractivity contribution in [3.63, 3.8) is 0 Å². The molecule has 83 valence electrons. The maximum absolute atomic E-state index is 3.30. The van der Waals surface area contributed by atoms with Gasteiger partial charge in [0.15, 0.2) is 0 Å². The Morgan fingerprint density at radius 3 is 2.47 bits per heavy atom. The fourth-order valence-electron chi connectivity index (χ4n) is 1.88. The van der Waals surface area contributed by atoms with Gasteiger partial charge in [-0.15, -0.1) is 0 Å². The van der Waals surface area contributed by atoms with Gasteiger partial charge in [0.25, 0.3) is 0 Å². The van der Waals surface area contributed by atoms with Crippen LogP contribution in [0.25, 0.3) is 0 Å². The van der Waals surface area contributed by atoms with Crippen LogP contribution in [0.5, 0.6) is 0 Å². The molecule has 0 aromatic heterocycles. The second-order valence-corrected chi connectivity index (χ2v) is 5.10. The van der Waals surface area contributed by atoms with E-state index in [1.165, 1.54) is 36.8 Å². The molecule has 1 rings (SSSR count). The van der Waals surface area contributed by atoms with Crippen LogP contribution in [0.2, 0.25) is 0 Å². The highest BCUT2D eigenvalue weighted by atomic mass is 14.2. The summed E-state index contributed by atoms with van der Waals surface area (Å²) in [4.78, 5) is 0. The molecule has 0 fully saturated rings. The summed E-state index contributed by atoms with van der Waals surface area (Å²) in [6.45, 7) is 9.02. The molecule has 0 saturated heterocycles. The zero-order chi connectivity index (χ0) is 11.3. The van der Waals surface area contributed by atoms with Crippen LogP contribution in [-0.2, 0) is 5.41 Å². The normalized spacial score (nSPS) is 11.7. The van der Waals surface area contributed by atoms with Crippen molar-refractivity contribution in [1.29, 1.82) is 0 Å². The van der Waals surface area contributed by atoms with E-state index < -0.39 is 0 Å². The van der Waals surface area contributed by atoms with Crippen molar-refractivity contribution in [2.24, 2.45) is 0 Å². The Labute approximate surface area is 94.7 Å². The van der Waals surface area contributed by atoms with Crippen molar-refractivity contribution in [2.45, 2.75) is 58.8 Å². The minimum atomic E-state index is 0.305. The number of aryl methyl sites for hydroxylation is 1. The summed E-state index contributed by atoms with van der Waals surface area (Å²) in [5.41, 5.74) is 2.95. The summed E-state index contributed by atoms with van der Waals surface area (Å²) in [6, 6.07) is 9.86. The lowest BCUT2D eigenvalue weighted by atomic mass is 9.80. The predicted molar refractivity (Wildman–Crippen MR) is 67.2 cm³/mol. The van der Waals surface area contributed by atoms with Crippen molar-refractivity contribution >= 4 is 0 Å². The summed E-state index contributed by atoms with van der Waals surface area (Å²) in [5, 5.41) is 0. The lowest BCUT2D eigenvalue weighted by Crippen LogP contribution is -2.16. The fourth-order valence-corrected chi connectivity index (χ4v) is 1.88. The molecule has 0 bridgehead atoms. The van der Waals surface area contributed by atoms with Crippen LogP contribution in [-0.4, -0.2) is 0 Å². The van der Waals surface area contributed by atoms with Gasteiger partial charge in [-0.25, -0.2) is 0 Å². The van der Waals surface area contributed by atoms with Gasteiger partial charge >= 0.3 is 0 Å². The molecule has 0 aliphatic carbocycles. The molecule has 0 spiro atoms. The molecule has 0 heterocycles.